The fraction of sp³-hybridized carbons (Fsp3) is 0.269. The van der Waals surface area contributed by atoms with Crippen LogP contribution in [0.25, 0.3) is 11.0 Å². The molecule has 5 nitrogen and oxygen atoms in total. The van der Waals surface area contributed by atoms with Crippen molar-refractivity contribution >= 4 is 11.0 Å². The topological polar surface area (TPSA) is 59.2 Å². The van der Waals surface area contributed by atoms with Crippen molar-refractivity contribution in [3.63, 3.8) is 0 Å². The molecule has 0 fully saturated rings. The van der Waals surface area contributed by atoms with Crippen molar-refractivity contribution < 1.29 is 9.47 Å². The Kier molecular flexibility index (Phi) is 6.85. The molecule has 0 saturated heterocycles. The summed E-state index contributed by atoms with van der Waals surface area (Å²) in [5.74, 6) is 2.59. The number of benzene rings is 3. The summed E-state index contributed by atoms with van der Waals surface area (Å²) in [5, 5.41) is 3.53. The monoisotopic (exact) mass is 415 g/mol. The molecule has 1 aromatic heterocycles. The Hall–Kier alpha value is -3.31. The van der Waals surface area contributed by atoms with E-state index in [0.29, 0.717) is 6.61 Å². The molecular weight excluding hydrogens is 386 g/mol. The first-order chi connectivity index (χ1) is 15.2. The predicted octanol–water partition coefficient (Wildman–Crippen LogP) is 5.18. The second kappa shape index (κ2) is 10.1. The van der Waals surface area contributed by atoms with Crippen LogP contribution in [0.1, 0.15) is 28.9 Å². The van der Waals surface area contributed by atoms with Gasteiger partial charge in [-0.05, 0) is 43.7 Å². The quantitative estimate of drug-likeness (QED) is 0.350. The highest BCUT2D eigenvalue weighted by atomic mass is 16.5. The zero-order valence-corrected chi connectivity index (χ0v) is 18.2. The van der Waals surface area contributed by atoms with Gasteiger partial charge in [0.25, 0.3) is 0 Å². The van der Waals surface area contributed by atoms with Crippen LogP contribution in [0.15, 0.2) is 66.7 Å². The number of nitrogens with zero attached hydrogens (tertiary/aromatic N) is 1. The second-order valence-electron chi connectivity index (χ2n) is 7.71. The van der Waals surface area contributed by atoms with Crippen molar-refractivity contribution in [3.8, 4) is 11.5 Å². The average molecular weight is 416 g/mol. The van der Waals surface area contributed by atoms with Crippen molar-refractivity contribution in [2.45, 2.75) is 32.9 Å². The minimum Gasteiger partial charge on any atom is -0.493 e. The van der Waals surface area contributed by atoms with Gasteiger partial charge in [0.15, 0.2) is 11.5 Å². The Labute approximate surface area is 183 Å². The van der Waals surface area contributed by atoms with Crippen molar-refractivity contribution in [3.05, 3.63) is 89.2 Å². The van der Waals surface area contributed by atoms with Gasteiger partial charge in [0.2, 0.25) is 0 Å². The van der Waals surface area contributed by atoms with Crippen LogP contribution >= 0.6 is 0 Å². The van der Waals surface area contributed by atoms with Gasteiger partial charge >= 0.3 is 0 Å². The Morgan fingerprint density at radius 2 is 1.87 bits per heavy atom. The van der Waals surface area contributed by atoms with Crippen LogP contribution in [0.5, 0.6) is 11.5 Å². The Balaban J connectivity index is 1.32. The van der Waals surface area contributed by atoms with E-state index in [2.05, 4.69) is 58.6 Å². The molecule has 0 radical (unpaired) electrons. The number of para-hydroxylation sites is 3. The largest absolute Gasteiger partial charge is 0.493 e. The van der Waals surface area contributed by atoms with E-state index in [1.54, 1.807) is 7.11 Å². The zero-order chi connectivity index (χ0) is 21.5. The summed E-state index contributed by atoms with van der Waals surface area (Å²) in [6.07, 6.45) is 1.92. The molecular formula is C26H29N3O2. The molecule has 0 amide bonds. The molecule has 3 aromatic carbocycles. The number of rotatable bonds is 10. The van der Waals surface area contributed by atoms with Crippen molar-refractivity contribution in [2.24, 2.45) is 0 Å². The third-order valence-electron chi connectivity index (χ3n) is 5.27. The van der Waals surface area contributed by atoms with Crippen LogP contribution in [0, 0.1) is 6.92 Å². The van der Waals surface area contributed by atoms with Gasteiger partial charge in [-0.3, -0.25) is 0 Å². The summed E-state index contributed by atoms with van der Waals surface area (Å²) in [5.41, 5.74) is 5.59. The van der Waals surface area contributed by atoms with Gasteiger partial charge in [0.1, 0.15) is 12.4 Å². The molecule has 0 spiro atoms. The fourth-order valence-electron chi connectivity index (χ4n) is 3.71. The Bertz CT molecular complexity index is 1100. The number of nitrogens with one attached hydrogen (secondary N) is 2. The van der Waals surface area contributed by atoms with Crippen LogP contribution in [0.3, 0.4) is 0 Å². The molecule has 0 aliphatic heterocycles. The van der Waals surface area contributed by atoms with Gasteiger partial charge in [-0.1, -0.05) is 54.1 Å². The standard InChI is InChI=1S/C26H29N3O2/c1-19-8-5-9-20(16-19)18-31-26-21(10-6-13-24(26)30-2)17-27-15-7-14-25-28-22-11-3-4-12-23(22)29-25/h3-6,8-13,16,27H,7,14-15,17-18H2,1-2H3,(H,28,29). The van der Waals surface area contributed by atoms with Crippen molar-refractivity contribution in [2.75, 3.05) is 13.7 Å². The van der Waals surface area contributed by atoms with Gasteiger partial charge in [-0.15, -0.1) is 0 Å². The van der Waals surface area contributed by atoms with E-state index in [0.717, 1.165) is 65.4 Å². The first kappa shape index (κ1) is 20.9. The molecule has 0 saturated carbocycles. The molecule has 4 aromatic rings. The average Bonchev–Trinajstić information content (AvgIpc) is 3.20. The number of ether oxygens (including phenoxy) is 2. The minimum atomic E-state index is 0.515. The molecule has 160 valence electrons. The molecule has 2 N–H and O–H groups in total. The van der Waals surface area contributed by atoms with Crippen LogP contribution in [-0.4, -0.2) is 23.6 Å². The zero-order valence-electron chi connectivity index (χ0n) is 18.2. The van der Waals surface area contributed by atoms with Gasteiger partial charge in [-0.2, -0.15) is 0 Å². The number of hydrogen-bond acceptors (Lipinski definition) is 4. The van der Waals surface area contributed by atoms with E-state index in [-0.39, 0.29) is 0 Å². The van der Waals surface area contributed by atoms with E-state index >= 15 is 0 Å². The lowest BCUT2D eigenvalue weighted by molar-refractivity contribution is 0.280. The number of methoxy groups -OCH3 is 1. The number of hydrogen-bond donors (Lipinski definition) is 2. The highest BCUT2D eigenvalue weighted by molar-refractivity contribution is 5.74. The summed E-state index contributed by atoms with van der Waals surface area (Å²) in [6, 6.07) is 22.5. The summed E-state index contributed by atoms with van der Waals surface area (Å²) in [6.45, 7) is 4.22. The van der Waals surface area contributed by atoms with Crippen LogP contribution in [0.2, 0.25) is 0 Å². The molecule has 31 heavy (non-hydrogen) atoms. The van der Waals surface area contributed by atoms with E-state index < -0.39 is 0 Å². The Morgan fingerprint density at radius 1 is 1.00 bits per heavy atom. The SMILES string of the molecule is COc1cccc(CNCCCc2nc3ccccc3[nH]2)c1OCc1cccc(C)c1. The van der Waals surface area contributed by atoms with Gasteiger partial charge in [0, 0.05) is 18.5 Å². The molecule has 0 unspecified atom stereocenters. The van der Waals surface area contributed by atoms with Gasteiger partial charge in [0.05, 0.1) is 18.1 Å². The van der Waals surface area contributed by atoms with E-state index in [1.165, 1.54) is 5.56 Å². The Morgan fingerprint density at radius 3 is 2.71 bits per heavy atom. The highest BCUT2D eigenvalue weighted by Crippen LogP contribution is 2.32. The normalized spacial score (nSPS) is 11.0. The first-order valence-corrected chi connectivity index (χ1v) is 10.7. The third kappa shape index (κ3) is 5.44. The summed E-state index contributed by atoms with van der Waals surface area (Å²) < 4.78 is 11.7. The summed E-state index contributed by atoms with van der Waals surface area (Å²) in [7, 11) is 1.68. The molecule has 5 heteroatoms. The van der Waals surface area contributed by atoms with Crippen LogP contribution in [-0.2, 0) is 19.6 Å². The summed E-state index contributed by atoms with van der Waals surface area (Å²) >= 11 is 0. The lowest BCUT2D eigenvalue weighted by atomic mass is 10.1. The molecule has 1 heterocycles. The molecule has 0 aliphatic carbocycles. The third-order valence-corrected chi connectivity index (χ3v) is 5.27. The van der Waals surface area contributed by atoms with Crippen molar-refractivity contribution in [1.82, 2.24) is 15.3 Å². The lowest BCUT2D eigenvalue weighted by Gasteiger charge is -2.16. The van der Waals surface area contributed by atoms with Crippen LogP contribution < -0.4 is 14.8 Å². The maximum absolute atomic E-state index is 6.18. The van der Waals surface area contributed by atoms with Gasteiger partial charge < -0.3 is 19.8 Å². The molecule has 0 aliphatic rings. The van der Waals surface area contributed by atoms with Crippen LogP contribution in [0.4, 0.5) is 0 Å². The van der Waals surface area contributed by atoms with E-state index in [9.17, 15) is 0 Å². The smallest absolute Gasteiger partial charge is 0.166 e. The highest BCUT2D eigenvalue weighted by Gasteiger charge is 2.11. The number of aryl methyl sites for hydroxylation is 2. The van der Waals surface area contributed by atoms with Gasteiger partial charge in [-0.25, -0.2) is 4.98 Å². The maximum Gasteiger partial charge on any atom is 0.166 e. The number of imidazole rings is 1. The predicted molar refractivity (Wildman–Crippen MR) is 125 cm³/mol. The number of fused-ring (bicyclic) bond motifs is 1. The molecule has 4 rings (SSSR count). The maximum atomic E-state index is 6.18. The molecule has 0 bridgehead atoms. The second-order valence-corrected chi connectivity index (χ2v) is 7.71. The lowest BCUT2D eigenvalue weighted by Crippen LogP contribution is -2.16. The minimum absolute atomic E-state index is 0.515. The number of H-pyrrole nitrogens is 1. The number of aromatic nitrogens is 2. The van der Waals surface area contributed by atoms with E-state index in [4.69, 9.17) is 9.47 Å². The first-order valence-electron chi connectivity index (χ1n) is 10.7. The molecule has 0 atom stereocenters. The summed E-state index contributed by atoms with van der Waals surface area (Å²) in [4.78, 5) is 8.03. The number of aromatic amines is 1. The van der Waals surface area contributed by atoms with E-state index in [1.807, 2.05) is 30.3 Å². The van der Waals surface area contributed by atoms with Crippen molar-refractivity contribution in [1.29, 1.82) is 0 Å². The fourth-order valence-corrected chi connectivity index (χ4v) is 3.71.